The molecular formula is C27H44O2. The van der Waals surface area contributed by atoms with E-state index in [1.54, 1.807) is 0 Å². The zero-order valence-corrected chi connectivity index (χ0v) is 19.8. The minimum Gasteiger partial charge on any atom is -0.508 e. The highest BCUT2D eigenvalue weighted by molar-refractivity contribution is 5.47. The first-order valence-corrected chi connectivity index (χ1v) is 11.8. The Morgan fingerprint density at radius 1 is 1.10 bits per heavy atom. The molecule has 2 rings (SSSR count). The Balaban J connectivity index is 1.67. The van der Waals surface area contributed by atoms with Crippen molar-refractivity contribution in [2.24, 2.45) is 11.8 Å². The Morgan fingerprint density at radius 2 is 1.76 bits per heavy atom. The first kappa shape index (κ1) is 23.8. The van der Waals surface area contributed by atoms with Gasteiger partial charge in [-0.05, 0) is 101 Å². The Kier molecular flexibility index (Phi) is 9.11. The molecule has 0 bridgehead atoms. The lowest BCUT2D eigenvalue weighted by atomic mass is 9.85. The van der Waals surface area contributed by atoms with Gasteiger partial charge in [0.15, 0.2) is 0 Å². The lowest BCUT2D eigenvalue weighted by molar-refractivity contribution is 0.0515. The van der Waals surface area contributed by atoms with E-state index in [2.05, 4.69) is 40.7 Å². The number of fused-ring (bicyclic) bond motifs is 1. The quantitative estimate of drug-likeness (QED) is 0.380. The SMILES string of the molecule is CC(C)=CCCC(C)CCCC(C)CCCC1(C)CCc2cc(O)cc(C)c2O1. The highest BCUT2D eigenvalue weighted by Gasteiger charge is 2.32. The summed E-state index contributed by atoms with van der Waals surface area (Å²) >= 11 is 0. The van der Waals surface area contributed by atoms with Crippen molar-refractivity contribution in [3.8, 4) is 11.5 Å². The number of hydrogen-bond donors (Lipinski definition) is 1. The van der Waals surface area contributed by atoms with Crippen LogP contribution in [0.15, 0.2) is 23.8 Å². The molecule has 0 saturated heterocycles. The van der Waals surface area contributed by atoms with Crippen molar-refractivity contribution in [2.45, 2.75) is 111 Å². The summed E-state index contributed by atoms with van der Waals surface area (Å²) in [7, 11) is 0. The predicted molar refractivity (Wildman–Crippen MR) is 125 cm³/mol. The number of phenols is 1. The van der Waals surface area contributed by atoms with Crippen LogP contribution in [0.1, 0.15) is 104 Å². The van der Waals surface area contributed by atoms with E-state index in [9.17, 15) is 5.11 Å². The smallest absolute Gasteiger partial charge is 0.126 e. The molecule has 1 heterocycles. The van der Waals surface area contributed by atoms with Gasteiger partial charge in [-0.15, -0.1) is 0 Å². The van der Waals surface area contributed by atoms with Crippen LogP contribution in [0.3, 0.4) is 0 Å². The number of allylic oxidation sites excluding steroid dienone is 2. The van der Waals surface area contributed by atoms with Crippen molar-refractivity contribution >= 4 is 0 Å². The largest absolute Gasteiger partial charge is 0.508 e. The number of rotatable bonds is 11. The van der Waals surface area contributed by atoms with Crippen molar-refractivity contribution < 1.29 is 9.84 Å². The third-order valence-electron chi connectivity index (χ3n) is 6.62. The molecule has 0 aromatic heterocycles. The van der Waals surface area contributed by atoms with Gasteiger partial charge >= 0.3 is 0 Å². The Morgan fingerprint density at radius 3 is 2.45 bits per heavy atom. The fourth-order valence-electron chi connectivity index (χ4n) is 4.62. The topological polar surface area (TPSA) is 29.5 Å². The van der Waals surface area contributed by atoms with Gasteiger partial charge in [0, 0.05) is 0 Å². The fourth-order valence-corrected chi connectivity index (χ4v) is 4.62. The fraction of sp³-hybridized carbons (Fsp3) is 0.704. The number of aromatic hydroxyl groups is 1. The molecule has 1 aromatic carbocycles. The van der Waals surface area contributed by atoms with Crippen LogP contribution in [0.5, 0.6) is 11.5 Å². The maximum Gasteiger partial charge on any atom is 0.126 e. The minimum atomic E-state index is -0.0616. The lowest BCUT2D eigenvalue weighted by Gasteiger charge is -2.37. The van der Waals surface area contributed by atoms with Crippen LogP contribution in [-0.4, -0.2) is 10.7 Å². The average molecular weight is 401 g/mol. The normalized spacial score (nSPS) is 20.5. The second-order valence-corrected chi connectivity index (χ2v) is 10.2. The van der Waals surface area contributed by atoms with Gasteiger partial charge in [0.25, 0.3) is 0 Å². The first-order chi connectivity index (χ1) is 13.7. The minimum absolute atomic E-state index is 0.0616. The number of hydrogen-bond acceptors (Lipinski definition) is 2. The monoisotopic (exact) mass is 400 g/mol. The summed E-state index contributed by atoms with van der Waals surface area (Å²) < 4.78 is 6.44. The second-order valence-electron chi connectivity index (χ2n) is 10.2. The standard InChI is InChI=1S/C27H44O2/c1-20(2)10-7-11-21(3)12-8-13-22(4)14-9-16-27(6)17-15-24-19-25(28)18-23(5)26(24)29-27/h10,18-19,21-22,28H,7-9,11-17H2,1-6H3. The van der Waals surface area contributed by atoms with E-state index < -0.39 is 0 Å². The Bertz CT molecular complexity index is 671. The molecule has 2 heteroatoms. The number of phenolic OH excluding ortho intramolecular Hbond substituents is 1. The van der Waals surface area contributed by atoms with Gasteiger partial charge in [0.1, 0.15) is 17.1 Å². The van der Waals surface area contributed by atoms with Crippen LogP contribution in [0.2, 0.25) is 0 Å². The molecule has 0 fully saturated rings. The van der Waals surface area contributed by atoms with E-state index in [1.165, 1.54) is 50.5 Å². The van der Waals surface area contributed by atoms with Crippen molar-refractivity contribution in [3.05, 3.63) is 34.9 Å². The van der Waals surface area contributed by atoms with Crippen LogP contribution in [0.4, 0.5) is 0 Å². The lowest BCUT2D eigenvalue weighted by Crippen LogP contribution is -2.36. The molecule has 0 aliphatic carbocycles. The molecule has 1 N–H and O–H groups in total. The average Bonchev–Trinajstić information content (AvgIpc) is 2.62. The maximum atomic E-state index is 9.81. The molecule has 0 spiro atoms. The predicted octanol–water partition coefficient (Wildman–Crippen LogP) is 8.14. The van der Waals surface area contributed by atoms with Crippen molar-refractivity contribution in [3.63, 3.8) is 0 Å². The van der Waals surface area contributed by atoms with E-state index in [0.29, 0.717) is 5.75 Å². The van der Waals surface area contributed by atoms with Gasteiger partial charge in [0.05, 0.1) is 0 Å². The molecule has 0 radical (unpaired) electrons. The molecule has 2 nitrogen and oxygen atoms in total. The molecule has 29 heavy (non-hydrogen) atoms. The first-order valence-electron chi connectivity index (χ1n) is 11.8. The van der Waals surface area contributed by atoms with Crippen molar-refractivity contribution in [2.75, 3.05) is 0 Å². The zero-order chi connectivity index (χ0) is 21.4. The van der Waals surface area contributed by atoms with Crippen LogP contribution in [0, 0.1) is 18.8 Å². The summed E-state index contributed by atoms with van der Waals surface area (Å²) in [6.07, 6.45) is 14.7. The summed E-state index contributed by atoms with van der Waals surface area (Å²) in [5, 5.41) is 9.81. The Labute approximate surface area is 179 Å². The molecular weight excluding hydrogens is 356 g/mol. The molecule has 1 aliphatic rings. The number of benzene rings is 1. The van der Waals surface area contributed by atoms with E-state index in [4.69, 9.17) is 4.74 Å². The highest BCUT2D eigenvalue weighted by Crippen LogP contribution is 2.40. The van der Waals surface area contributed by atoms with E-state index in [1.807, 2.05) is 19.1 Å². The van der Waals surface area contributed by atoms with Crippen molar-refractivity contribution in [1.82, 2.24) is 0 Å². The van der Waals surface area contributed by atoms with Gasteiger partial charge in [-0.1, -0.05) is 51.2 Å². The second kappa shape index (κ2) is 11.1. The maximum absolute atomic E-state index is 9.81. The number of ether oxygens (including phenoxy) is 1. The van der Waals surface area contributed by atoms with Gasteiger partial charge in [0.2, 0.25) is 0 Å². The molecule has 0 amide bonds. The molecule has 164 valence electrons. The summed E-state index contributed by atoms with van der Waals surface area (Å²) in [6.45, 7) is 13.5. The third kappa shape index (κ3) is 8.07. The molecule has 1 aliphatic heterocycles. The van der Waals surface area contributed by atoms with Crippen LogP contribution >= 0.6 is 0 Å². The molecule has 0 saturated carbocycles. The van der Waals surface area contributed by atoms with Gasteiger partial charge in [-0.3, -0.25) is 0 Å². The highest BCUT2D eigenvalue weighted by atomic mass is 16.5. The van der Waals surface area contributed by atoms with Crippen LogP contribution < -0.4 is 4.74 Å². The molecule has 3 atom stereocenters. The Hall–Kier alpha value is -1.44. The van der Waals surface area contributed by atoms with Gasteiger partial charge < -0.3 is 9.84 Å². The molecule has 1 aromatic rings. The van der Waals surface area contributed by atoms with E-state index >= 15 is 0 Å². The molecule has 3 unspecified atom stereocenters. The van der Waals surface area contributed by atoms with Crippen LogP contribution in [-0.2, 0) is 6.42 Å². The van der Waals surface area contributed by atoms with Crippen LogP contribution in [0.25, 0.3) is 0 Å². The summed E-state index contributed by atoms with van der Waals surface area (Å²) in [5.41, 5.74) is 3.59. The van der Waals surface area contributed by atoms with Crippen molar-refractivity contribution in [1.29, 1.82) is 0 Å². The zero-order valence-electron chi connectivity index (χ0n) is 19.8. The van der Waals surface area contributed by atoms with Gasteiger partial charge in [-0.25, -0.2) is 0 Å². The summed E-state index contributed by atoms with van der Waals surface area (Å²) in [4.78, 5) is 0. The van der Waals surface area contributed by atoms with E-state index in [0.717, 1.165) is 48.0 Å². The summed E-state index contributed by atoms with van der Waals surface area (Å²) in [6, 6.07) is 3.68. The summed E-state index contributed by atoms with van der Waals surface area (Å²) in [5.74, 6) is 3.01. The number of aryl methyl sites for hydroxylation is 2. The van der Waals surface area contributed by atoms with E-state index in [-0.39, 0.29) is 5.60 Å². The third-order valence-corrected chi connectivity index (χ3v) is 6.62. The van der Waals surface area contributed by atoms with Gasteiger partial charge in [-0.2, -0.15) is 0 Å².